The lowest BCUT2D eigenvalue weighted by molar-refractivity contribution is -0.127. The average molecular weight is 568 g/mol. The standard InChI is InChI=1S/C26H22BrN3O5S/c1-16-6-8-18(9-7-16)29-23(31)14-30-25(32)22(36-26(30)33)13-17-11-20(27)24(21(12-17)34-2)35-15-19-5-3-4-10-28-19/h3-13H,14-15H2,1-2H3,(H,29,31)/b22-13+. The van der Waals surface area contributed by atoms with Crippen LogP contribution in [0.15, 0.2) is 70.2 Å². The van der Waals surface area contributed by atoms with Crippen molar-refractivity contribution >= 4 is 56.5 Å². The summed E-state index contributed by atoms with van der Waals surface area (Å²) in [4.78, 5) is 43.1. The number of carbonyl (C=O) groups excluding carboxylic acids is 3. The fraction of sp³-hybridized carbons (Fsp3) is 0.154. The average Bonchev–Trinajstić information content (AvgIpc) is 3.12. The number of methoxy groups -OCH3 is 1. The molecule has 2 aromatic carbocycles. The number of nitrogens with zero attached hydrogens (tertiary/aromatic N) is 2. The number of benzene rings is 2. The number of carbonyl (C=O) groups is 3. The van der Waals surface area contributed by atoms with E-state index < -0.39 is 17.1 Å². The van der Waals surface area contributed by atoms with Crippen LogP contribution in [0.5, 0.6) is 11.5 Å². The van der Waals surface area contributed by atoms with Crippen molar-refractivity contribution in [2.45, 2.75) is 13.5 Å². The Morgan fingerprint density at radius 2 is 1.94 bits per heavy atom. The van der Waals surface area contributed by atoms with E-state index in [0.29, 0.717) is 27.2 Å². The van der Waals surface area contributed by atoms with Crippen molar-refractivity contribution in [1.82, 2.24) is 9.88 Å². The van der Waals surface area contributed by atoms with Crippen LogP contribution in [0.3, 0.4) is 0 Å². The number of halogens is 1. The highest BCUT2D eigenvalue weighted by Gasteiger charge is 2.36. The number of amides is 3. The van der Waals surface area contributed by atoms with Crippen molar-refractivity contribution in [2.75, 3.05) is 19.0 Å². The molecule has 0 radical (unpaired) electrons. The second kappa shape index (κ2) is 11.4. The molecule has 4 rings (SSSR count). The molecule has 1 saturated heterocycles. The van der Waals surface area contributed by atoms with E-state index in [0.717, 1.165) is 27.9 Å². The van der Waals surface area contributed by atoms with Gasteiger partial charge < -0.3 is 14.8 Å². The zero-order chi connectivity index (χ0) is 25.7. The van der Waals surface area contributed by atoms with Crippen LogP contribution in [-0.4, -0.2) is 40.6 Å². The predicted molar refractivity (Wildman–Crippen MR) is 142 cm³/mol. The maximum atomic E-state index is 12.9. The Hall–Kier alpha value is -3.63. The third-order valence-electron chi connectivity index (χ3n) is 5.15. The summed E-state index contributed by atoms with van der Waals surface area (Å²) in [5.74, 6) is -0.0553. The second-order valence-corrected chi connectivity index (χ2v) is 9.67. The smallest absolute Gasteiger partial charge is 0.294 e. The molecule has 1 aliphatic rings. The summed E-state index contributed by atoms with van der Waals surface area (Å²) in [6, 6.07) is 16.3. The molecule has 0 saturated carbocycles. The number of pyridine rings is 1. The summed E-state index contributed by atoms with van der Waals surface area (Å²) in [6.07, 6.45) is 3.27. The topological polar surface area (TPSA) is 97.8 Å². The van der Waals surface area contributed by atoms with Crippen molar-refractivity contribution in [3.63, 3.8) is 0 Å². The molecule has 1 aliphatic heterocycles. The maximum absolute atomic E-state index is 12.9. The Kier molecular flexibility index (Phi) is 8.07. The molecule has 0 atom stereocenters. The molecule has 3 aromatic rings. The van der Waals surface area contributed by atoms with Crippen molar-refractivity contribution in [2.24, 2.45) is 0 Å². The van der Waals surface area contributed by atoms with E-state index in [1.165, 1.54) is 7.11 Å². The van der Waals surface area contributed by atoms with Crippen LogP contribution in [-0.2, 0) is 16.2 Å². The Morgan fingerprint density at radius 1 is 1.17 bits per heavy atom. The Labute approximate surface area is 220 Å². The molecule has 184 valence electrons. The maximum Gasteiger partial charge on any atom is 0.294 e. The van der Waals surface area contributed by atoms with E-state index in [9.17, 15) is 14.4 Å². The van der Waals surface area contributed by atoms with Gasteiger partial charge in [0.15, 0.2) is 11.5 Å². The van der Waals surface area contributed by atoms with Crippen LogP contribution in [0.2, 0.25) is 0 Å². The van der Waals surface area contributed by atoms with Gasteiger partial charge in [-0.1, -0.05) is 23.8 Å². The zero-order valence-corrected chi connectivity index (χ0v) is 21.9. The summed E-state index contributed by atoms with van der Waals surface area (Å²) in [6.45, 7) is 1.82. The number of rotatable bonds is 8. The van der Waals surface area contributed by atoms with Gasteiger partial charge in [-0.15, -0.1) is 0 Å². The second-order valence-electron chi connectivity index (χ2n) is 7.83. The number of hydrogen-bond acceptors (Lipinski definition) is 7. The summed E-state index contributed by atoms with van der Waals surface area (Å²) in [7, 11) is 1.51. The molecule has 1 aromatic heterocycles. The number of aryl methyl sites for hydroxylation is 1. The highest BCUT2D eigenvalue weighted by molar-refractivity contribution is 9.10. The van der Waals surface area contributed by atoms with Gasteiger partial charge in [0.2, 0.25) is 5.91 Å². The Balaban J connectivity index is 1.46. The molecule has 1 N–H and O–H groups in total. The first-order valence-electron chi connectivity index (χ1n) is 10.9. The first-order valence-corrected chi connectivity index (χ1v) is 12.5. The largest absolute Gasteiger partial charge is 0.493 e. The molecule has 8 nitrogen and oxygen atoms in total. The van der Waals surface area contributed by atoms with Gasteiger partial charge in [0.1, 0.15) is 13.2 Å². The van der Waals surface area contributed by atoms with Gasteiger partial charge in [0.25, 0.3) is 11.1 Å². The normalized spacial score (nSPS) is 14.3. The highest BCUT2D eigenvalue weighted by atomic mass is 79.9. The fourth-order valence-corrected chi connectivity index (χ4v) is 4.77. The molecule has 0 unspecified atom stereocenters. The van der Waals surface area contributed by atoms with Gasteiger partial charge in [0, 0.05) is 11.9 Å². The minimum atomic E-state index is -0.533. The quantitative estimate of drug-likeness (QED) is 0.363. The molecular weight excluding hydrogens is 546 g/mol. The molecule has 36 heavy (non-hydrogen) atoms. The van der Waals surface area contributed by atoms with Crippen molar-refractivity contribution in [3.05, 3.63) is 87.0 Å². The number of imide groups is 1. The first kappa shape index (κ1) is 25.5. The van der Waals surface area contributed by atoms with Crippen molar-refractivity contribution in [3.8, 4) is 11.5 Å². The number of anilines is 1. The molecular formula is C26H22BrN3O5S. The van der Waals surface area contributed by atoms with Crippen LogP contribution in [0.4, 0.5) is 10.5 Å². The molecule has 2 heterocycles. The van der Waals surface area contributed by atoms with Crippen molar-refractivity contribution in [1.29, 1.82) is 0 Å². The number of thioether (sulfide) groups is 1. The van der Waals surface area contributed by atoms with Crippen LogP contribution >= 0.6 is 27.7 Å². The summed E-state index contributed by atoms with van der Waals surface area (Å²) >= 11 is 4.27. The van der Waals surface area contributed by atoms with E-state index >= 15 is 0 Å². The third-order valence-corrected chi connectivity index (χ3v) is 6.65. The third kappa shape index (κ3) is 6.13. The number of nitrogens with one attached hydrogen (secondary N) is 1. The van der Waals surface area contributed by atoms with Crippen LogP contribution in [0, 0.1) is 6.92 Å². The minimum absolute atomic E-state index is 0.208. The Morgan fingerprint density at radius 3 is 2.64 bits per heavy atom. The van der Waals surface area contributed by atoms with Gasteiger partial charge in [-0.05, 0) is 82.7 Å². The molecule has 10 heteroatoms. The van der Waals surface area contributed by atoms with Crippen LogP contribution in [0.25, 0.3) is 6.08 Å². The monoisotopic (exact) mass is 567 g/mol. The van der Waals surface area contributed by atoms with Gasteiger partial charge in [-0.2, -0.15) is 0 Å². The van der Waals surface area contributed by atoms with E-state index in [2.05, 4.69) is 26.2 Å². The van der Waals surface area contributed by atoms with Crippen LogP contribution < -0.4 is 14.8 Å². The summed E-state index contributed by atoms with van der Waals surface area (Å²) < 4.78 is 12.0. The fourth-order valence-electron chi connectivity index (χ4n) is 3.36. The van der Waals surface area contributed by atoms with Gasteiger partial charge >= 0.3 is 0 Å². The highest BCUT2D eigenvalue weighted by Crippen LogP contribution is 2.39. The molecule has 3 amide bonds. The SMILES string of the molecule is COc1cc(/C=C2/SC(=O)N(CC(=O)Nc3ccc(C)cc3)C2=O)cc(Br)c1OCc1ccccn1. The molecule has 1 fully saturated rings. The predicted octanol–water partition coefficient (Wildman–Crippen LogP) is 5.42. The van der Waals surface area contributed by atoms with Gasteiger partial charge in [-0.3, -0.25) is 24.3 Å². The first-order chi connectivity index (χ1) is 17.3. The van der Waals surface area contributed by atoms with Gasteiger partial charge in [-0.25, -0.2) is 0 Å². The number of hydrogen-bond donors (Lipinski definition) is 1. The number of ether oxygens (including phenoxy) is 2. The molecule has 0 aliphatic carbocycles. The van der Waals surface area contributed by atoms with Gasteiger partial charge in [0.05, 0.1) is 22.2 Å². The molecule has 0 bridgehead atoms. The van der Waals surface area contributed by atoms with E-state index in [-0.39, 0.29) is 18.1 Å². The van der Waals surface area contributed by atoms with E-state index in [1.807, 2.05) is 37.3 Å². The Bertz CT molecular complexity index is 1330. The zero-order valence-electron chi connectivity index (χ0n) is 19.5. The lowest BCUT2D eigenvalue weighted by Gasteiger charge is -2.14. The van der Waals surface area contributed by atoms with E-state index in [1.54, 1.807) is 36.5 Å². The van der Waals surface area contributed by atoms with E-state index in [4.69, 9.17) is 9.47 Å². The minimum Gasteiger partial charge on any atom is -0.493 e. The lowest BCUT2D eigenvalue weighted by Crippen LogP contribution is -2.36. The van der Waals surface area contributed by atoms with Crippen LogP contribution in [0.1, 0.15) is 16.8 Å². The summed E-state index contributed by atoms with van der Waals surface area (Å²) in [5.41, 5.74) is 3.03. The lowest BCUT2D eigenvalue weighted by atomic mass is 10.2. The van der Waals surface area contributed by atoms with Crippen molar-refractivity contribution < 1.29 is 23.9 Å². The number of aromatic nitrogens is 1. The summed E-state index contributed by atoms with van der Waals surface area (Å²) in [5, 5.41) is 2.19. The molecule has 0 spiro atoms.